The molecule has 18 heteroatoms. The number of aromatic amines is 1. The normalized spacial score (nSPS) is 23.1. The van der Waals surface area contributed by atoms with E-state index in [0.717, 1.165) is 173 Å². The first kappa shape index (κ1) is 54.8. The predicted octanol–water partition coefficient (Wildman–Crippen LogP) is 10.2. The lowest BCUT2D eigenvalue weighted by Crippen LogP contribution is -2.49. The van der Waals surface area contributed by atoms with Crippen LogP contribution in [0.3, 0.4) is 0 Å². The number of piperidine rings is 3. The maximum absolute atomic E-state index is 12.1. The second-order valence-electron chi connectivity index (χ2n) is 25.8. The molecule has 88 heavy (non-hydrogen) atoms. The number of fused-ring (bicyclic) bond motifs is 12. The van der Waals surface area contributed by atoms with Gasteiger partial charge in [-0.05, 0) is 155 Å². The number of aryl methyl sites for hydroxylation is 4. The Morgan fingerprint density at radius 1 is 0.477 bits per heavy atom. The lowest BCUT2D eigenvalue weighted by molar-refractivity contribution is -0.116. The minimum atomic E-state index is 0.109. The van der Waals surface area contributed by atoms with Gasteiger partial charge in [0, 0.05) is 97.0 Å². The highest BCUT2D eigenvalue weighted by molar-refractivity contribution is 6.05. The number of para-hydroxylation sites is 5. The molecule has 450 valence electrons. The highest BCUT2D eigenvalue weighted by atomic mass is 16.5. The van der Waals surface area contributed by atoms with Gasteiger partial charge < -0.3 is 54.4 Å². The third-order valence-electron chi connectivity index (χ3n) is 20.6. The van der Waals surface area contributed by atoms with E-state index in [2.05, 4.69) is 152 Å². The Morgan fingerprint density at radius 3 is 1.43 bits per heavy atom. The molecule has 0 unspecified atom stereocenters. The number of carbonyl (C=O) groups excluding carboxylic acids is 3. The van der Waals surface area contributed by atoms with Crippen LogP contribution < -0.4 is 30.7 Å². The van der Waals surface area contributed by atoms with Gasteiger partial charge in [-0.1, -0.05) is 83.1 Å². The van der Waals surface area contributed by atoms with Crippen LogP contribution >= 0.6 is 0 Å². The van der Waals surface area contributed by atoms with Gasteiger partial charge in [-0.25, -0.2) is 0 Å². The van der Waals surface area contributed by atoms with Crippen LogP contribution in [0.25, 0.3) is 32.8 Å². The first-order valence-electron chi connectivity index (χ1n) is 32.1. The second kappa shape index (κ2) is 22.9. The molecule has 0 saturated carbocycles. The summed E-state index contributed by atoms with van der Waals surface area (Å²) in [5, 5.41) is 28.9. The maximum Gasteiger partial charge on any atom is 0.243 e. The fraction of sp³-hybridized carbons (Fsp3) is 0.400. The first-order valence-corrected chi connectivity index (χ1v) is 32.1. The summed E-state index contributed by atoms with van der Waals surface area (Å²) in [5.41, 5.74) is 18.4. The molecule has 0 aliphatic carbocycles. The third-order valence-corrected chi connectivity index (χ3v) is 20.6. The van der Waals surface area contributed by atoms with Crippen LogP contribution in [0.15, 0.2) is 130 Å². The number of hydrogen-bond acceptors (Lipinski definition) is 14. The Hall–Kier alpha value is -8.58. The Labute approximate surface area is 511 Å². The number of amides is 3. The van der Waals surface area contributed by atoms with Crippen molar-refractivity contribution in [3.05, 3.63) is 161 Å². The summed E-state index contributed by atoms with van der Waals surface area (Å²) < 4.78 is 11.0. The van der Waals surface area contributed by atoms with Crippen molar-refractivity contribution >= 4 is 84.7 Å². The summed E-state index contributed by atoms with van der Waals surface area (Å²) in [6.45, 7) is 13.3. The highest BCUT2D eigenvalue weighted by Crippen LogP contribution is 2.52. The molecule has 4 N–H and O–H groups in total. The maximum atomic E-state index is 12.1. The van der Waals surface area contributed by atoms with E-state index in [0.29, 0.717) is 55.5 Å². The predicted molar refractivity (Wildman–Crippen MR) is 344 cm³/mol. The van der Waals surface area contributed by atoms with E-state index in [-0.39, 0.29) is 17.7 Å². The van der Waals surface area contributed by atoms with Crippen LogP contribution in [0.4, 0.5) is 34.1 Å². The van der Waals surface area contributed by atoms with Crippen molar-refractivity contribution in [2.75, 3.05) is 109 Å². The molecule has 3 aromatic heterocycles. The minimum Gasteiger partial charge on any atom is -0.357 e. The number of carbonyl (C=O) groups is 3. The number of likely N-dealkylation sites (tertiary alicyclic amines) is 3. The summed E-state index contributed by atoms with van der Waals surface area (Å²) in [6.07, 6.45) is 9.51. The molecule has 0 spiro atoms. The SMILES string of the molecule is Cc1ccc2c(CCCN3CC[C@H]4[C@@H](C3)c3cccc5c3N4CC(=O)N5)noc2c1.O=C1CN2c3c(cccc3[C@@H]3CN(CCCc4[nH]nc5ccccc45)CC[C@@H]32)N1.O=C1CN2c3c(cccc3[C@@H]3CN(CCCc4noc5ccccc45)CC[C@@H]32)N1. The van der Waals surface area contributed by atoms with Crippen LogP contribution in [0.1, 0.15) is 95.6 Å². The monoisotopic (exact) mass is 1180 g/mol. The molecule has 0 radical (unpaired) electrons. The van der Waals surface area contributed by atoms with Crippen molar-refractivity contribution in [2.24, 2.45) is 0 Å². The Morgan fingerprint density at radius 2 is 0.920 bits per heavy atom. The number of hydrogen-bond donors (Lipinski definition) is 4. The number of anilines is 6. The van der Waals surface area contributed by atoms with E-state index in [1.54, 1.807) is 0 Å². The molecule has 0 bridgehead atoms. The number of H-pyrrole nitrogens is 1. The van der Waals surface area contributed by atoms with Crippen LogP contribution in [-0.2, 0) is 33.6 Å². The van der Waals surface area contributed by atoms with E-state index in [1.165, 1.54) is 50.4 Å². The summed E-state index contributed by atoms with van der Waals surface area (Å²) in [6, 6.07) is 43.2. The van der Waals surface area contributed by atoms with Crippen molar-refractivity contribution in [1.82, 2.24) is 35.2 Å². The quantitative estimate of drug-likeness (QED) is 0.0905. The zero-order valence-corrected chi connectivity index (χ0v) is 49.9. The van der Waals surface area contributed by atoms with Gasteiger partial charge in [-0.15, -0.1) is 0 Å². The molecule has 3 fully saturated rings. The van der Waals surface area contributed by atoms with Gasteiger partial charge in [0.2, 0.25) is 17.7 Å². The van der Waals surface area contributed by atoms with E-state index < -0.39 is 0 Å². The highest BCUT2D eigenvalue weighted by Gasteiger charge is 2.48. The van der Waals surface area contributed by atoms with Crippen molar-refractivity contribution in [3.63, 3.8) is 0 Å². The smallest absolute Gasteiger partial charge is 0.243 e. The number of benzene rings is 6. The molecule has 6 aromatic carbocycles. The Bertz CT molecular complexity index is 3980. The van der Waals surface area contributed by atoms with Gasteiger partial charge in [-0.2, -0.15) is 5.10 Å². The van der Waals surface area contributed by atoms with Gasteiger partial charge in [0.15, 0.2) is 11.2 Å². The third kappa shape index (κ3) is 10.0. The van der Waals surface area contributed by atoms with Crippen LogP contribution in [-0.4, -0.2) is 150 Å². The molecule has 9 aliphatic heterocycles. The fourth-order valence-electron chi connectivity index (χ4n) is 16.7. The van der Waals surface area contributed by atoms with Crippen molar-refractivity contribution in [3.8, 4) is 0 Å². The Kier molecular flexibility index (Phi) is 14.2. The topological polar surface area (TPSA) is 187 Å². The average Bonchev–Trinajstić information content (AvgIpc) is 2.19. The summed E-state index contributed by atoms with van der Waals surface area (Å²) in [7, 11) is 0. The van der Waals surface area contributed by atoms with Gasteiger partial charge >= 0.3 is 0 Å². The zero-order valence-electron chi connectivity index (χ0n) is 49.9. The standard InChI is InChI=1S/C24H26N4O2.C23H25N5O.C23H24N4O2/c1-15-7-8-17-19(26-30-22(17)12-15)6-3-10-27-11-9-21-18(13-27)16-4-2-5-20-24(16)28(21)14-23(29)25-20;29-22-14-28-21-10-12-27(13-17(21)15-6-3-8-20(24-22)23(15)28)11-4-9-19-16-5-1-2-7-18(16)25-26-19;28-22-14-27-20-10-12-26(13-17(20)15-6-3-7-19(24-22)23(15)27)11-4-8-18-16-5-1-2-9-21(16)29-25-18/h2,4-5,7-8,12,18,21H,3,6,9-11,13-14H2,1H3,(H,25,29);1-3,5-8,17,21H,4,9-14H2,(H,24,29)(H,25,26);1-3,5-7,9,17,20H,4,8,10-14H2,(H,24,28)/t18-,21-;17-,21-;17-,20-/m000/s1. The lowest BCUT2D eigenvalue weighted by Gasteiger charge is -2.39. The molecule has 18 rings (SSSR count). The lowest BCUT2D eigenvalue weighted by atomic mass is 9.89. The van der Waals surface area contributed by atoms with Gasteiger partial charge in [0.1, 0.15) is 0 Å². The number of nitrogens with zero attached hydrogens (tertiary/aromatic N) is 9. The van der Waals surface area contributed by atoms with Gasteiger partial charge in [-0.3, -0.25) is 19.5 Å². The van der Waals surface area contributed by atoms with E-state index in [1.807, 2.05) is 42.5 Å². The molecule has 18 nitrogen and oxygen atoms in total. The van der Waals surface area contributed by atoms with E-state index in [4.69, 9.17) is 9.05 Å². The van der Waals surface area contributed by atoms with Gasteiger partial charge in [0.25, 0.3) is 0 Å². The number of nitrogens with one attached hydrogen (secondary N) is 4. The number of aromatic nitrogens is 4. The molecule has 9 aliphatic rings. The largest absolute Gasteiger partial charge is 0.357 e. The van der Waals surface area contributed by atoms with E-state index in [9.17, 15) is 14.4 Å². The Balaban J connectivity index is 0.000000106. The summed E-state index contributed by atoms with van der Waals surface area (Å²) in [5.74, 6) is 1.80. The van der Waals surface area contributed by atoms with Crippen molar-refractivity contribution in [1.29, 1.82) is 0 Å². The average molecular weight is 1180 g/mol. The molecule has 3 saturated heterocycles. The van der Waals surface area contributed by atoms with Crippen LogP contribution in [0.5, 0.6) is 0 Å². The van der Waals surface area contributed by atoms with Crippen molar-refractivity contribution < 1.29 is 23.4 Å². The second-order valence-corrected chi connectivity index (χ2v) is 25.8. The zero-order chi connectivity index (χ0) is 59.0. The van der Waals surface area contributed by atoms with Crippen LogP contribution in [0.2, 0.25) is 0 Å². The van der Waals surface area contributed by atoms with Crippen molar-refractivity contribution in [2.45, 2.75) is 101 Å². The molecule has 12 heterocycles. The fourth-order valence-corrected chi connectivity index (χ4v) is 16.7. The van der Waals surface area contributed by atoms with E-state index >= 15 is 0 Å². The van der Waals surface area contributed by atoms with Crippen LogP contribution in [0, 0.1) is 6.92 Å². The molecule has 3 amide bonds. The molecular formula is C70H75N13O5. The first-order chi connectivity index (χ1) is 43.2. The molecule has 9 aromatic rings. The summed E-state index contributed by atoms with van der Waals surface area (Å²) >= 11 is 0. The molecular weight excluding hydrogens is 1100 g/mol. The minimum absolute atomic E-state index is 0.109. The van der Waals surface area contributed by atoms with Gasteiger partial charge in [0.05, 0.1) is 70.7 Å². The molecule has 6 atom stereocenters. The summed E-state index contributed by atoms with van der Waals surface area (Å²) in [4.78, 5) is 51.2. The number of rotatable bonds is 12.